The molecule has 0 saturated heterocycles. The highest BCUT2D eigenvalue weighted by Crippen LogP contribution is 2.36. The molecule has 9 heteroatoms. The Balaban J connectivity index is 2.60. The Hall–Kier alpha value is -3.46. The van der Waals surface area contributed by atoms with Crippen LogP contribution in [0.3, 0.4) is 0 Å². The number of hydrogen-bond donors (Lipinski definition) is 2. The highest BCUT2D eigenvalue weighted by atomic mass is 16.3. The second-order valence-electron chi connectivity index (χ2n) is 5.61. The van der Waals surface area contributed by atoms with Gasteiger partial charge in [0.2, 0.25) is 11.5 Å². The summed E-state index contributed by atoms with van der Waals surface area (Å²) in [4.78, 5) is 19.4. The van der Waals surface area contributed by atoms with E-state index in [1.54, 1.807) is 0 Å². The van der Waals surface area contributed by atoms with Gasteiger partial charge in [0.05, 0.1) is 13.1 Å². The van der Waals surface area contributed by atoms with Gasteiger partial charge in [-0.25, -0.2) is 9.69 Å². The normalized spacial score (nSPS) is 10.8. The fraction of sp³-hybridized carbons (Fsp3) is 0.412. The van der Waals surface area contributed by atoms with E-state index in [4.69, 9.17) is 13.1 Å². The molecule has 0 aromatic carbocycles. The number of aromatic amines is 1. The van der Waals surface area contributed by atoms with Crippen molar-refractivity contribution in [1.29, 1.82) is 0 Å². The maximum atomic E-state index is 12.7. The second-order valence-corrected chi connectivity index (χ2v) is 5.61. The average Bonchev–Trinajstić information content (AvgIpc) is 3.04. The highest BCUT2D eigenvalue weighted by molar-refractivity contribution is 5.68. The third kappa shape index (κ3) is 3.33. The standard InChI is InChI=1S/C17H19N7O2/c1-6-8-9-24-16(25)12(18-4)10(3)13(17(24)26)21-23-15-14(19-5)11(7-2)20-22-15/h25H,6-9H2,1-3H3,(H,20,22). The minimum absolute atomic E-state index is 0.0312. The molecule has 0 radical (unpaired) electrons. The van der Waals surface area contributed by atoms with Crippen LogP contribution in [0.2, 0.25) is 0 Å². The van der Waals surface area contributed by atoms with Crippen molar-refractivity contribution in [3.05, 3.63) is 44.4 Å². The Labute approximate surface area is 150 Å². The van der Waals surface area contributed by atoms with Crippen molar-refractivity contribution in [3.63, 3.8) is 0 Å². The number of azo groups is 1. The number of rotatable bonds is 6. The largest absolute Gasteiger partial charge is 0.503 e. The molecule has 2 N–H and O–H groups in total. The van der Waals surface area contributed by atoms with E-state index in [1.807, 2.05) is 13.8 Å². The lowest BCUT2D eigenvalue weighted by Gasteiger charge is -2.12. The summed E-state index contributed by atoms with van der Waals surface area (Å²) in [6, 6.07) is 0. The minimum atomic E-state index is -0.528. The number of H-pyrrole nitrogens is 1. The maximum absolute atomic E-state index is 12.7. The van der Waals surface area contributed by atoms with Crippen molar-refractivity contribution < 1.29 is 5.11 Å². The quantitative estimate of drug-likeness (QED) is 0.591. The Kier molecular flexibility index (Phi) is 5.86. The lowest BCUT2D eigenvalue weighted by Crippen LogP contribution is -2.20. The molecule has 0 saturated carbocycles. The minimum Gasteiger partial charge on any atom is -0.503 e. The van der Waals surface area contributed by atoms with Gasteiger partial charge in [-0.05, 0) is 25.3 Å². The van der Waals surface area contributed by atoms with Gasteiger partial charge in [0.15, 0.2) is 5.88 Å². The molecule has 2 aromatic heterocycles. The number of aryl methyl sites for hydroxylation is 1. The van der Waals surface area contributed by atoms with Crippen LogP contribution in [0.1, 0.15) is 37.9 Å². The molecule has 0 spiro atoms. The van der Waals surface area contributed by atoms with Gasteiger partial charge in [-0.3, -0.25) is 14.5 Å². The van der Waals surface area contributed by atoms with E-state index in [0.717, 1.165) is 11.0 Å². The summed E-state index contributed by atoms with van der Waals surface area (Å²) in [5.41, 5.74) is 0.538. The van der Waals surface area contributed by atoms with Gasteiger partial charge >= 0.3 is 0 Å². The third-order valence-corrected chi connectivity index (χ3v) is 3.98. The van der Waals surface area contributed by atoms with Crippen molar-refractivity contribution in [2.45, 2.75) is 46.6 Å². The van der Waals surface area contributed by atoms with E-state index in [0.29, 0.717) is 18.5 Å². The zero-order valence-corrected chi connectivity index (χ0v) is 14.9. The molecule has 0 fully saturated rings. The molecule has 2 rings (SSSR count). The monoisotopic (exact) mass is 353 g/mol. The Morgan fingerprint density at radius 2 is 1.92 bits per heavy atom. The van der Waals surface area contributed by atoms with Gasteiger partial charge in [0, 0.05) is 12.2 Å². The average molecular weight is 353 g/mol. The number of hydrogen-bond acceptors (Lipinski definition) is 5. The van der Waals surface area contributed by atoms with Gasteiger partial charge in [0.25, 0.3) is 11.2 Å². The van der Waals surface area contributed by atoms with Crippen molar-refractivity contribution in [1.82, 2.24) is 14.8 Å². The van der Waals surface area contributed by atoms with Crippen LogP contribution < -0.4 is 5.56 Å². The molecule has 0 aliphatic rings. The smallest absolute Gasteiger partial charge is 0.279 e. The van der Waals surface area contributed by atoms with Crippen LogP contribution in [0, 0.1) is 20.1 Å². The van der Waals surface area contributed by atoms with E-state index in [1.165, 1.54) is 6.92 Å². The summed E-state index contributed by atoms with van der Waals surface area (Å²) in [6.07, 6.45) is 2.08. The summed E-state index contributed by atoms with van der Waals surface area (Å²) in [5, 5.41) is 24.8. The molecule has 0 bridgehead atoms. The number of pyridine rings is 1. The lowest BCUT2D eigenvalue weighted by molar-refractivity contribution is 0.405. The third-order valence-electron chi connectivity index (χ3n) is 3.98. The molecule has 0 aliphatic carbocycles. The number of nitrogens with zero attached hydrogens (tertiary/aromatic N) is 6. The van der Waals surface area contributed by atoms with Crippen molar-refractivity contribution in [3.8, 4) is 5.88 Å². The Bertz CT molecular complexity index is 986. The van der Waals surface area contributed by atoms with Gasteiger partial charge in [-0.2, -0.15) is 5.10 Å². The molecule has 0 amide bonds. The van der Waals surface area contributed by atoms with Crippen molar-refractivity contribution in [2.24, 2.45) is 10.2 Å². The first-order valence-electron chi connectivity index (χ1n) is 8.20. The number of aromatic hydroxyl groups is 1. The van der Waals surface area contributed by atoms with E-state index >= 15 is 0 Å². The molecule has 0 aliphatic heterocycles. The number of aromatic nitrogens is 3. The second kappa shape index (κ2) is 8.08. The molecular formula is C17H19N7O2. The van der Waals surface area contributed by atoms with Gasteiger partial charge in [0.1, 0.15) is 5.69 Å². The molecular weight excluding hydrogens is 334 g/mol. The van der Waals surface area contributed by atoms with E-state index in [2.05, 4.69) is 30.1 Å². The van der Waals surface area contributed by atoms with Crippen LogP contribution in [0.4, 0.5) is 22.9 Å². The lowest BCUT2D eigenvalue weighted by atomic mass is 10.2. The van der Waals surface area contributed by atoms with E-state index in [-0.39, 0.29) is 40.9 Å². The SMILES string of the molecule is [C-]#[N+]c1c(N=Nc2c(C)c([N+]#[C-])c(O)n(CCCC)c2=O)n[nH]c1CC. The molecule has 26 heavy (non-hydrogen) atoms. The highest BCUT2D eigenvalue weighted by Gasteiger charge is 2.19. The predicted octanol–water partition coefficient (Wildman–Crippen LogP) is 4.46. The zero-order chi connectivity index (χ0) is 19.3. The van der Waals surface area contributed by atoms with E-state index in [9.17, 15) is 9.90 Å². The first-order chi connectivity index (χ1) is 12.5. The van der Waals surface area contributed by atoms with Crippen LogP contribution in [-0.4, -0.2) is 19.9 Å². The number of unbranched alkanes of at least 4 members (excludes halogenated alkanes) is 1. The first-order valence-corrected chi connectivity index (χ1v) is 8.20. The van der Waals surface area contributed by atoms with Crippen LogP contribution in [0.5, 0.6) is 5.88 Å². The van der Waals surface area contributed by atoms with Crippen LogP contribution in [0.25, 0.3) is 9.69 Å². The molecule has 9 nitrogen and oxygen atoms in total. The Morgan fingerprint density at radius 3 is 2.50 bits per heavy atom. The van der Waals surface area contributed by atoms with Crippen LogP contribution in [-0.2, 0) is 13.0 Å². The number of nitrogens with one attached hydrogen (secondary N) is 1. The molecule has 2 heterocycles. The summed E-state index contributed by atoms with van der Waals surface area (Å²) in [5.74, 6) is -0.266. The molecule has 2 aromatic rings. The van der Waals surface area contributed by atoms with Crippen molar-refractivity contribution >= 4 is 22.9 Å². The molecule has 0 atom stereocenters. The zero-order valence-electron chi connectivity index (χ0n) is 14.9. The topological polar surface area (TPSA) is 104 Å². The summed E-state index contributed by atoms with van der Waals surface area (Å²) in [6.45, 7) is 20.2. The first kappa shape index (κ1) is 18.9. The van der Waals surface area contributed by atoms with Crippen molar-refractivity contribution in [2.75, 3.05) is 0 Å². The molecule has 134 valence electrons. The molecule has 0 unspecified atom stereocenters. The van der Waals surface area contributed by atoms with Gasteiger partial charge in [-0.15, -0.1) is 10.2 Å². The van der Waals surface area contributed by atoms with Crippen LogP contribution in [0.15, 0.2) is 15.0 Å². The maximum Gasteiger partial charge on any atom is 0.279 e. The summed E-state index contributed by atoms with van der Waals surface area (Å²) in [7, 11) is 0. The fourth-order valence-electron chi connectivity index (χ4n) is 2.46. The van der Waals surface area contributed by atoms with E-state index < -0.39 is 5.56 Å². The fourth-order valence-corrected chi connectivity index (χ4v) is 2.46. The van der Waals surface area contributed by atoms with Crippen LogP contribution >= 0.6 is 0 Å². The predicted molar refractivity (Wildman–Crippen MR) is 96.7 cm³/mol. The Morgan fingerprint density at radius 1 is 1.23 bits per heavy atom. The van der Waals surface area contributed by atoms with Gasteiger partial charge < -0.3 is 5.11 Å². The summed E-state index contributed by atoms with van der Waals surface area (Å²) >= 11 is 0. The summed E-state index contributed by atoms with van der Waals surface area (Å²) < 4.78 is 1.13. The van der Waals surface area contributed by atoms with Gasteiger partial charge in [-0.1, -0.05) is 20.3 Å².